The Labute approximate surface area is 175 Å². The van der Waals surface area contributed by atoms with Gasteiger partial charge < -0.3 is 14.7 Å². The number of aromatic nitrogens is 2. The quantitative estimate of drug-likeness (QED) is 0.714. The summed E-state index contributed by atoms with van der Waals surface area (Å²) >= 11 is 0. The van der Waals surface area contributed by atoms with Crippen molar-refractivity contribution >= 4 is 6.09 Å². The fraction of sp³-hybridized carbons (Fsp3) is 0.333. The van der Waals surface area contributed by atoms with E-state index in [4.69, 9.17) is 4.74 Å². The summed E-state index contributed by atoms with van der Waals surface area (Å²) in [4.78, 5) is 14.6. The van der Waals surface area contributed by atoms with Gasteiger partial charge in [-0.15, -0.1) is 0 Å². The van der Waals surface area contributed by atoms with Crippen molar-refractivity contribution in [3.63, 3.8) is 0 Å². The number of amides is 1. The Bertz CT molecular complexity index is 1000. The lowest BCUT2D eigenvalue weighted by Crippen LogP contribution is -2.52. The van der Waals surface area contributed by atoms with Crippen molar-refractivity contribution in [1.29, 1.82) is 0 Å². The van der Waals surface area contributed by atoms with Gasteiger partial charge in [-0.2, -0.15) is 5.10 Å². The van der Waals surface area contributed by atoms with E-state index in [1.54, 1.807) is 10.9 Å². The number of piperidine rings is 1. The third-order valence-electron chi connectivity index (χ3n) is 6.32. The maximum Gasteiger partial charge on any atom is 0.410 e. The van der Waals surface area contributed by atoms with Crippen molar-refractivity contribution in [3.05, 3.63) is 84.2 Å². The highest BCUT2D eigenvalue weighted by Crippen LogP contribution is 2.46. The molecule has 3 aromatic rings. The van der Waals surface area contributed by atoms with Gasteiger partial charge in [0.1, 0.15) is 6.61 Å². The van der Waals surface area contributed by atoms with Gasteiger partial charge in [-0.1, -0.05) is 48.5 Å². The molecule has 2 atom stereocenters. The van der Waals surface area contributed by atoms with E-state index in [1.807, 2.05) is 71.8 Å². The van der Waals surface area contributed by atoms with Gasteiger partial charge in [0, 0.05) is 36.7 Å². The van der Waals surface area contributed by atoms with Gasteiger partial charge in [0.05, 0.1) is 17.5 Å². The first-order valence-corrected chi connectivity index (χ1v) is 10.4. The normalized spacial score (nSPS) is 25.3. The van der Waals surface area contributed by atoms with E-state index in [-0.39, 0.29) is 24.8 Å². The minimum atomic E-state index is -0.977. The van der Waals surface area contributed by atoms with Crippen LogP contribution in [0.25, 0.3) is 5.69 Å². The first-order valence-electron chi connectivity index (χ1n) is 10.4. The number of ether oxygens (including phenoxy) is 1. The highest BCUT2D eigenvalue weighted by atomic mass is 16.6. The minimum Gasteiger partial charge on any atom is -0.445 e. The molecular formula is C24H25N3O3. The summed E-state index contributed by atoms with van der Waals surface area (Å²) < 4.78 is 7.36. The number of carbonyl (C=O) groups excluding carboxylic acids is 1. The summed E-state index contributed by atoms with van der Waals surface area (Å²) in [5, 5.41) is 15.9. The molecule has 6 nitrogen and oxygen atoms in total. The molecule has 0 spiro atoms. The molecule has 2 aliphatic heterocycles. The summed E-state index contributed by atoms with van der Waals surface area (Å²) in [6.45, 7) is 0.268. The first kappa shape index (κ1) is 18.9. The van der Waals surface area contributed by atoms with E-state index >= 15 is 0 Å². The van der Waals surface area contributed by atoms with Crippen LogP contribution in [0, 0.1) is 0 Å². The molecule has 0 radical (unpaired) electrons. The van der Waals surface area contributed by atoms with Gasteiger partial charge >= 0.3 is 6.09 Å². The number of rotatable bonds is 4. The van der Waals surface area contributed by atoms with Crippen LogP contribution in [0.15, 0.2) is 73.1 Å². The van der Waals surface area contributed by atoms with E-state index in [2.05, 4.69) is 5.10 Å². The third-order valence-corrected chi connectivity index (χ3v) is 6.32. The van der Waals surface area contributed by atoms with E-state index in [0.717, 1.165) is 29.7 Å². The van der Waals surface area contributed by atoms with Crippen molar-refractivity contribution in [2.75, 3.05) is 0 Å². The Morgan fingerprint density at radius 1 is 1.03 bits per heavy atom. The molecule has 0 saturated carbocycles. The Balaban J connectivity index is 1.29. The fourth-order valence-corrected chi connectivity index (χ4v) is 4.84. The number of hydrogen-bond donors (Lipinski definition) is 1. The molecule has 0 aliphatic carbocycles. The standard InChI is InChI=1S/C24H25N3O3/c28-23(30-17-18-7-3-1-4-8-18)27-21-11-12-22(27)14-24(29,13-21)19-15-25-26(16-19)20-9-5-2-6-10-20/h1-10,15-16,21-22,29H,11-14,17H2. The van der Waals surface area contributed by atoms with Crippen LogP contribution >= 0.6 is 0 Å². The lowest BCUT2D eigenvalue weighted by Gasteiger charge is -2.42. The van der Waals surface area contributed by atoms with Crippen LogP contribution in [0.4, 0.5) is 4.79 Å². The molecule has 2 aliphatic rings. The zero-order valence-electron chi connectivity index (χ0n) is 16.7. The highest BCUT2D eigenvalue weighted by molar-refractivity contribution is 5.69. The molecule has 2 saturated heterocycles. The van der Waals surface area contributed by atoms with Gasteiger partial charge in [0.15, 0.2) is 0 Å². The summed E-state index contributed by atoms with van der Waals surface area (Å²) in [6, 6.07) is 19.5. The van der Waals surface area contributed by atoms with Crippen molar-refractivity contribution in [2.24, 2.45) is 0 Å². The van der Waals surface area contributed by atoms with Gasteiger partial charge in [0.2, 0.25) is 0 Å². The molecule has 1 N–H and O–H groups in total. The smallest absolute Gasteiger partial charge is 0.410 e. The molecule has 5 rings (SSSR count). The molecular weight excluding hydrogens is 378 g/mol. The van der Waals surface area contributed by atoms with Gasteiger partial charge in [-0.25, -0.2) is 9.48 Å². The van der Waals surface area contributed by atoms with Crippen molar-refractivity contribution in [3.8, 4) is 5.69 Å². The maximum absolute atomic E-state index is 12.8. The minimum absolute atomic E-state index is 0.0166. The summed E-state index contributed by atoms with van der Waals surface area (Å²) in [7, 11) is 0. The van der Waals surface area contributed by atoms with Crippen molar-refractivity contribution in [2.45, 2.75) is 50.0 Å². The zero-order valence-corrected chi connectivity index (χ0v) is 16.7. The Hall–Kier alpha value is -3.12. The molecule has 1 aromatic heterocycles. The first-order chi connectivity index (χ1) is 14.6. The molecule has 2 fully saturated rings. The number of carbonyl (C=O) groups is 1. The topological polar surface area (TPSA) is 67.6 Å². The van der Waals surface area contributed by atoms with E-state index in [1.165, 1.54) is 0 Å². The lowest BCUT2D eigenvalue weighted by atomic mass is 9.82. The zero-order chi connectivity index (χ0) is 20.6. The van der Waals surface area contributed by atoms with E-state index < -0.39 is 5.60 Å². The summed E-state index contributed by atoms with van der Waals surface area (Å²) in [5.41, 5.74) is 1.76. The summed E-state index contributed by atoms with van der Waals surface area (Å²) in [6.07, 6.45) is 6.15. The summed E-state index contributed by atoms with van der Waals surface area (Å²) in [5.74, 6) is 0. The Kier molecular flexibility index (Phi) is 4.79. The lowest BCUT2D eigenvalue weighted by molar-refractivity contribution is -0.0537. The Morgan fingerprint density at radius 3 is 2.33 bits per heavy atom. The Morgan fingerprint density at radius 2 is 1.67 bits per heavy atom. The molecule has 2 bridgehead atoms. The molecule has 1 amide bonds. The number of para-hydroxylation sites is 1. The fourth-order valence-electron chi connectivity index (χ4n) is 4.84. The van der Waals surface area contributed by atoms with Gasteiger partial charge in [0.25, 0.3) is 0 Å². The molecule has 2 unspecified atom stereocenters. The predicted octanol–water partition coefficient (Wildman–Crippen LogP) is 4.02. The average Bonchev–Trinajstić information content (AvgIpc) is 3.38. The van der Waals surface area contributed by atoms with Crippen LogP contribution in [0.5, 0.6) is 0 Å². The van der Waals surface area contributed by atoms with E-state index in [9.17, 15) is 9.90 Å². The van der Waals surface area contributed by atoms with Crippen LogP contribution in [0.1, 0.15) is 36.8 Å². The van der Waals surface area contributed by atoms with Crippen LogP contribution in [-0.2, 0) is 16.9 Å². The SMILES string of the molecule is O=C(OCc1ccccc1)N1C2CCC1CC(O)(c1cnn(-c3ccccc3)c1)C2. The molecule has 154 valence electrons. The van der Waals surface area contributed by atoms with Crippen LogP contribution < -0.4 is 0 Å². The van der Waals surface area contributed by atoms with Gasteiger partial charge in [-0.3, -0.25) is 0 Å². The largest absolute Gasteiger partial charge is 0.445 e. The number of aliphatic hydroxyl groups is 1. The highest BCUT2D eigenvalue weighted by Gasteiger charge is 2.51. The second kappa shape index (κ2) is 7.61. The maximum atomic E-state index is 12.8. The molecule has 6 heteroatoms. The molecule has 2 aromatic carbocycles. The van der Waals surface area contributed by atoms with Crippen LogP contribution in [0.3, 0.4) is 0 Å². The van der Waals surface area contributed by atoms with Crippen LogP contribution in [-0.4, -0.2) is 38.0 Å². The van der Waals surface area contributed by atoms with E-state index in [0.29, 0.717) is 12.8 Å². The molecule has 30 heavy (non-hydrogen) atoms. The third kappa shape index (κ3) is 3.48. The number of fused-ring (bicyclic) bond motifs is 2. The van der Waals surface area contributed by atoms with Crippen molar-refractivity contribution < 1.29 is 14.6 Å². The van der Waals surface area contributed by atoms with Crippen molar-refractivity contribution in [1.82, 2.24) is 14.7 Å². The van der Waals surface area contributed by atoms with Gasteiger partial charge in [-0.05, 0) is 30.5 Å². The predicted molar refractivity (Wildman–Crippen MR) is 112 cm³/mol. The van der Waals surface area contributed by atoms with Crippen LogP contribution in [0.2, 0.25) is 0 Å². The second-order valence-electron chi connectivity index (χ2n) is 8.28. The second-order valence-corrected chi connectivity index (χ2v) is 8.28. The average molecular weight is 403 g/mol. The monoisotopic (exact) mass is 403 g/mol. The molecule has 3 heterocycles. The number of nitrogens with zero attached hydrogens (tertiary/aromatic N) is 3. The number of hydrogen-bond acceptors (Lipinski definition) is 4. The number of benzene rings is 2.